The largest absolute Gasteiger partial charge is 0.454 e. The highest BCUT2D eigenvalue weighted by Gasteiger charge is 2.40. The Morgan fingerprint density at radius 2 is 1.93 bits per heavy atom. The minimum absolute atomic E-state index is 0.0390. The van der Waals surface area contributed by atoms with E-state index in [1.807, 2.05) is 0 Å². The molecular formula is C18H11ClF3N3O3. The maximum absolute atomic E-state index is 13.7. The number of halogens is 4. The van der Waals surface area contributed by atoms with Crippen LogP contribution in [0.5, 0.6) is 11.5 Å². The Morgan fingerprint density at radius 1 is 1.14 bits per heavy atom. The number of rotatable bonds is 3. The van der Waals surface area contributed by atoms with Crippen LogP contribution in [0.25, 0.3) is 5.69 Å². The third-order valence-electron chi connectivity index (χ3n) is 3.97. The number of carbonyl (C=O) groups excluding carboxylic acids is 1. The number of amides is 1. The first-order chi connectivity index (χ1) is 13.3. The van der Waals surface area contributed by atoms with Gasteiger partial charge in [0.15, 0.2) is 17.2 Å². The van der Waals surface area contributed by atoms with Gasteiger partial charge in [-0.3, -0.25) is 4.79 Å². The predicted molar refractivity (Wildman–Crippen MR) is 94.1 cm³/mol. The Labute approximate surface area is 161 Å². The number of nitrogens with one attached hydrogen (secondary N) is 1. The van der Waals surface area contributed by atoms with Crippen molar-refractivity contribution in [1.29, 1.82) is 0 Å². The Balaban J connectivity index is 1.70. The van der Waals surface area contributed by atoms with E-state index in [0.29, 0.717) is 16.2 Å². The molecule has 1 N–H and O–H groups in total. The first kappa shape index (κ1) is 18.2. The van der Waals surface area contributed by atoms with Crippen LogP contribution in [-0.4, -0.2) is 22.5 Å². The number of aromatic nitrogens is 2. The molecule has 4 rings (SSSR count). The summed E-state index contributed by atoms with van der Waals surface area (Å²) >= 11 is 5.86. The number of nitrogens with zero attached hydrogens (tertiary/aromatic N) is 2. The SMILES string of the molecule is O=C(Nc1ccc2c(c1)OCO2)c1cnn(-c2cccc(Cl)c2)c1C(F)(F)F. The lowest BCUT2D eigenvalue weighted by Gasteiger charge is -2.13. The number of carbonyl (C=O) groups is 1. The molecule has 10 heteroatoms. The first-order valence-corrected chi connectivity index (χ1v) is 8.33. The maximum atomic E-state index is 13.7. The standard InChI is InChI=1S/C18H11ClF3N3O3/c19-10-2-1-3-12(6-10)25-16(18(20,21)22)13(8-23-25)17(26)24-11-4-5-14-15(7-11)28-9-27-14/h1-8H,9H2,(H,24,26). The molecule has 0 bridgehead atoms. The van der Waals surface area contributed by atoms with E-state index in [1.165, 1.54) is 36.4 Å². The van der Waals surface area contributed by atoms with E-state index in [0.717, 1.165) is 6.20 Å². The van der Waals surface area contributed by atoms with E-state index in [9.17, 15) is 18.0 Å². The molecule has 0 atom stereocenters. The minimum atomic E-state index is -4.82. The van der Waals surface area contributed by atoms with Gasteiger partial charge < -0.3 is 14.8 Å². The van der Waals surface area contributed by atoms with Crippen molar-refractivity contribution in [3.05, 3.63) is 64.9 Å². The average molecular weight is 410 g/mol. The van der Waals surface area contributed by atoms with Gasteiger partial charge in [0.05, 0.1) is 17.4 Å². The number of alkyl halides is 3. The van der Waals surface area contributed by atoms with Gasteiger partial charge >= 0.3 is 6.18 Å². The van der Waals surface area contributed by atoms with Crippen LogP contribution in [0.4, 0.5) is 18.9 Å². The fourth-order valence-electron chi connectivity index (χ4n) is 2.76. The lowest BCUT2D eigenvalue weighted by molar-refractivity contribution is -0.143. The Morgan fingerprint density at radius 3 is 2.68 bits per heavy atom. The maximum Gasteiger partial charge on any atom is 0.434 e. The van der Waals surface area contributed by atoms with Gasteiger partial charge in [-0.05, 0) is 30.3 Å². The van der Waals surface area contributed by atoms with E-state index in [-0.39, 0.29) is 23.2 Å². The lowest BCUT2D eigenvalue weighted by Crippen LogP contribution is -2.20. The minimum Gasteiger partial charge on any atom is -0.454 e. The Kier molecular flexibility index (Phi) is 4.38. The van der Waals surface area contributed by atoms with E-state index in [4.69, 9.17) is 21.1 Å². The highest BCUT2D eigenvalue weighted by Crippen LogP contribution is 2.36. The highest BCUT2D eigenvalue weighted by molar-refractivity contribution is 6.30. The van der Waals surface area contributed by atoms with Gasteiger partial charge in [-0.25, -0.2) is 4.68 Å². The van der Waals surface area contributed by atoms with Gasteiger partial charge in [-0.1, -0.05) is 17.7 Å². The zero-order valence-corrected chi connectivity index (χ0v) is 14.7. The zero-order valence-electron chi connectivity index (χ0n) is 14.0. The summed E-state index contributed by atoms with van der Waals surface area (Å²) in [6, 6.07) is 10.3. The van der Waals surface area contributed by atoms with Crippen molar-refractivity contribution in [2.45, 2.75) is 6.18 Å². The van der Waals surface area contributed by atoms with Gasteiger partial charge in [0, 0.05) is 16.8 Å². The van der Waals surface area contributed by atoms with Crippen LogP contribution in [0.1, 0.15) is 16.1 Å². The molecule has 0 saturated heterocycles. The monoisotopic (exact) mass is 409 g/mol. The second-order valence-corrected chi connectivity index (χ2v) is 6.25. The van der Waals surface area contributed by atoms with E-state index < -0.39 is 23.3 Å². The van der Waals surface area contributed by atoms with Crippen LogP contribution in [-0.2, 0) is 6.18 Å². The Hall–Kier alpha value is -3.20. The van der Waals surface area contributed by atoms with Crippen molar-refractivity contribution in [3.8, 4) is 17.2 Å². The van der Waals surface area contributed by atoms with Crippen LogP contribution < -0.4 is 14.8 Å². The molecule has 0 radical (unpaired) electrons. The molecule has 1 aliphatic heterocycles. The fourth-order valence-corrected chi connectivity index (χ4v) is 2.95. The first-order valence-electron chi connectivity index (χ1n) is 7.95. The number of anilines is 1. The fraction of sp³-hybridized carbons (Fsp3) is 0.111. The third kappa shape index (κ3) is 3.36. The molecule has 1 aromatic heterocycles. The van der Waals surface area contributed by atoms with Gasteiger partial charge in [-0.2, -0.15) is 18.3 Å². The molecule has 0 saturated carbocycles. The van der Waals surface area contributed by atoms with Crippen LogP contribution in [0, 0.1) is 0 Å². The number of ether oxygens (including phenoxy) is 2. The lowest BCUT2D eigenvalue weighted by atomic mass is 10.2. The molecule has 2 aromatic carbocycles. The second kappa shape index (κ2) is 6.75. The van der Waals surface area contributed by atoms with Gasteiger partial charge in [0.1, 0.15) is 0 Å². The summed E-state index contributed by atoms with van der Waals surface area (Å²) in [5.74, 6) is -0.0781. The van der Waals surface area contributed by atoms with Gasteiger partial charge in [-0.15, -0.1) is 0 Å². The molecule has 1 aliphatic rings. The van der Waals surface area contributed by atoms with Crippen LogP contribution in [0.3, 0.4) is 0 Å². The molecule has 28 heavy (non-hydrogen) atoms. The van der Waals surface area contributed by atoms with Crippen molar-refractivity contribution in [2.75, 3.05) is 12.1 Å². The number of hydrogen-bond acceptors (Lipinski definition) is 4. The highest BCUT2D eigenvalue weighted by atomic mass is 35.5. The van der Waals surface area contributed by atoms with E-state index in [2.05, 4.69) is 10.4 Å². The molecule has 144 valence electrons. The molecule has 0 unspecified atom stereocenters. The summed E-state index contributed by atoms with van der Waals surface area (Å²) in [5, 5.41) is 6.41. The molecule has 0 fully saturated rings. The molecule has 0 spiro atoms. The van der Waals surface area contributed by atoms with E-state index >= 15 is 0 Å². The van der Waals surface area contributed by atoms with Crippen molar-refractivity contribution >= 4 is 23.2 Å². The van der Waals surface area contributed by atoms with Crippen molar-refractivity contribution in [2.24, 2.45) is 0 Å². The molecule has 0 aliphatic carbocycles. The molecular weight excluding hydrogens is 399 g/mol. The molecule has 6 nitrogen and oxygen atoms in total. The summed E-state index contributed by atoms with van der Waals surface area (Å²) < 4.78 is 52.1. The second-order valence-electron chi connectivity index (χ2n) is 5.82. The topological polar surface area (TPSA) is 65.4 Å². The summed E-state index contributed by atoms with van der Waals surface area (Å²) in [6.45, 7) is 0.0390. The molecule has 2 heterocycles. The number of hydrogen-bond donors (Lipinski definition) is 1. The molecule has 1 amide bonds. The summed E-state index contributed by atoms with van der Waals surface area (Å²) in [4.78, 5) is 12.5. The normalized spacial score (nSPS) is 12.9. The predicted octanol–water partition coefficient (Wildman–Crippen LogP) is 4.53. The summed E-state index contributed by atoms with van der Waals surface area (Å²) in [6.07, 6.45) is -3.95. The summed E-state index contributed by atoms with van der Waals surface area (Å²) in [7, 11) is 0. The van der Waals surface area contributed by atoms with Crippen molar-refractivity contribution in [3.63, 3.8) is 0 Å². The quantitative estimate of drug-likeness (QED) is 0.690. The van der Waals surface area contributed by atoms with Crippen LogP contribution >= 0.6 is 11.6 Å². The molecule has 3 aromatic rings. The van der Waals surface area contributed by atoms with Crippen molar-refractivity contribution < 1.29 is 27.4 Å². The summed E-state index contributed by atoms with van der Waals surface area (Å²) in [5.41, 5.74) is -1.47. The third-order valence-corrected chi connectivity index (χ3v) is 4.20. The Bertz CT molecular complexity index is 1070. The number of benzene rings is 2. The van der Waals surface area contributed by atoms with E-state index in [1.54, 1.807) is 6.07 Å². The number of fused-ring (bicyclic) bond motifs is 1. The van der Waals surface area contributed by atoms with Gasteiger partial charge in [0.25, 0.3) is 5.91 Å². The zero-order chi connectivity index (χ0) is 19.9. The van der Waals surface area contributed by atoms with Crippen LogP contribution in [0.15, 0.2) is 48.7 Å². The van der Waals surface area contributed by atoms with Gasteiger partial charge in [0.2, 0.25) is 6.79 Å². The van der Waals surface area contributed by atoms with Crippen molar-refractivity contribution in [1.82, 2.24) is 9.78 Å². The smallest absolute Gasteiger partial charge is 0.434 e. The van der Waals surface area contributed by atoms with Crippen LogP contribution in [0.2, 0.25) is 5.02 Å². The average Bonchev–Trinajstić information content (AvgIpc) is 3.28.